The smallest absolute Gasteiger partial charge is 0.408 e. The van der Waals surface area contributed by atoms with Gasteiger partial charge < -0.3 is 25.6 Å². The summed E-state index contributed by atoms with van der Waals surface area (Å²) in [6, 6.07) is 0. The second kappa shape index (κ2) is 7.30. The fourth-order valence-electron chi connectivity index (χ4n) is 1.42. The number of aliphatic carboxylic acids is 1. The molecule has 0 spiro atoms. The molecular formula is C12H24N2O5. The van der Waals surface area contributed by atoms with Crippen molar-refractivity contribution in [1.82, 2.24) is 5.32 Å². The summed E-state index contributed by atoms with van der Waals surface area (Å²) in [6.45, 7) is 7.29. The molecular weight excluding hydrogens is 252 g/mol. The molecule has 0 aliphatic carbocycles. The van der Waals surface area contributed by atoms with Crippen molar-refractivity contribution in [2.75, 3.05) is 19.8 Å². The number of carbonyl (C=O) groups excluding carboxylic acids is 1. The van der Waals surface area contributed by atoms with E-state index in [0.29, 0.717) is 6.61 Å². The van der Waals surface area contributed by atoms with Gasteiger partial charge in [0.25, 0.3) is 0 Å². The number of rotatable bonds is 7. The minimum Gasteiger partial charge on any atom is -0.481 e. The molecule has 1 amide bonds. The van der Waals surface area contributed by atoms with Crippen LogP contribution >= 0.6 is 0 Å². The Morgan fingerprint density at radius 2 is 1.89 bits per heavy atom. The Hall–Kier alpha value is -1.34. The van der Waals surface area contributed by atoms with Crippen LogP contribution in [0.5, 0.6) is 0 Å². The first-order chi connectivity index (χ1) is 8.64. The van der Waals surface area contributed by atoms with Crippen molar-refractivity contribution in [1.29, 1.82) is 0 Å². The molecule has 0 rings (SSSR count). The summed E-state index contributed by atoms with van der Waals surface area (Å²) >= 11 is 0. The fraction of sp³-hybridized carbons (Fsp3) is 0.833. The van der Waals surface area contributed by atoms with E-state index in [1.807, 2.05) is 0 Å². The van der Waals surface area contributed by atoms with Crippen molar-refractivity contribution in [3.8, 4) is 0 Å². The van der Waals surface area contributed by atoms with Crippen molar-refractivity contribution in [2.45, 2.75) is 45.3 Å². The minimum absolute atomic E-state index is 0.0194. The predicted octanol–water partition coefficient (Wildman–Crippen LogP) is 0.720. The Kier molecular flexibility index (Phi) is 6.78. The molecule has 0 saturated heterocycles. The van der Waals surface area contributed by atoms with Gasteiger partial charge in [-0.05, 0) is 27.7 Å². The lowest BCUT2D eigenvalue weighted by molar-refractivity contribution is -0.139. The van der Waals surface area contributed by atoms with E-state index in [0.717, 1.165) is 0 Å². The number of nitrogens with two attached hydrogens (primary N) is 1. The van der Waals surface area contributed by atoms with Gasteiger partial charge >= 0.3 is 12.1 Å². The first kappa shape index (κ1) is 17.7. The number of alkyl carbamates (subject to hydrolysis) is 1. The molecule has 0 saturated carbocycles. The topological polar surface area (TPSA) is 111 Å². The highest BCUT2D eigenvalue weighted by atomic mass is 16.6. The predicted molar refractivity (Wildman–Crippen MR) is 69.9 cm³/mol. The van der Waals surface area contributed by atoms with Gasteiger partial charge in [-0.15, -0.1) is 0 Å². The van der Waals surface area contributed by atoms with E-state index < -0.39 is 23.2 Å². The van der Waals surface area contributed by atoms with Crippen molar-refractivity contribution in [2.24, 2.45) is 5.73 Å². The Bertz CT molecular complexity index is 314. The summed E-state index contributed by atoms with van der Waals surface area (Å²) < 4.78 is 10.3. The van der Waals surface area contributed by atoms with Gasteiger partial charge in [0.2, 0.25) is 0 Å². The number of carboxylic acids is 1. The van der Waals surface area contributed by atoms with Gasteiger partial charge in [0.1, 0.15) is 5.60 Å². The second-order valence-electron chi connectivity index (χ2n) is 5.32. The maximum absolute atomic E-state index is 11.7. The molecule has 0 radical (unpaired) electrons. The molecule has 7 nitrogen and oxygen atoms in total. The van der Waals surface area contributed by atoms with E-state index in [9.17, 15) is 9.59 Å². The van der Waals surface area contributed by atoms with E-state index in [-0.39, 0.29) is 19.6 Å². The van der Waals surface area contributed by atoms with Crippen LogP contribution in [-0.4, -0.2) is 48.1 Å². The first-order valence-corrected chi connectivity index (χ1v) is 6.15. The highest BCUT2D eigenvalue weighted by Gasteiger charge is 2.35. The first-order valence-electron chi connectivity index (χ1n) is 6.15. The third kappa shape index (κ3) is 7.63. The van der Waals surface area contributed by atoms with E-state index in [1.165, 1.54) is 0 Å². The van der Waals surface area contributed by atoms with Gasteiger partial charge in [-0.1, -0.05) is 0 Å². The van der Waals surface area contributed by atoms with Crippen molar-refractivity contribution in [3.63, 3.8) is 0 Å². The average Bonchev–Trinajstić information content (AvgIpc) is 2.22. The van der Waals surface area contributed by atoms with Gasteiger partial charge in [0, 0.05) is 13.2 Å². The van der Waals surface area contributed by atoms with Crippen molar-refractivity contribution >= 4 is 12.1 Å². The van der Waals surface area contributed by atoms with Crippen LogP contribution < -0.4 is 11.1 Å². The molecule has 112 valence electrons. The number of hydrogen-bond donors (Lipinski definition) is 3. The summed E-state index contributed by atoms with van der Waals surface area (Å²) in [5.74, 6) is -1.07. The minimum atomic E-state index is -1.16. The monoisotopic (exact) mass is 276 g/mol. The largest absolute Gasteiger partial charge is 0.481 e. The molecule has 4 N–H and O–H groups in total. The maximum atomic E-state index is 11.7. The van der Waals surface area contributed by atoms with Crippen LogP contribution in [0, 0.1) is 0 Å². The Balaban J connectivity index is 4.81. The third-order valence-electron chi connectivity index (χ3n) is 2.23. The number of ether oxygens (including phenoxy) is 2. The Morgan fingerprint density at radius 3 is 2.26 bits per heavy atom. The second-order valence-corrected chi connectivity index (χ2v) is 5.32. The fourth-order valence-corrected chi connectivity index (χ4v) is 1.42. The van der Waals surface area contributed by atoms with Crippen LogP contribution in [0.3, 0.4) is 0 Å². The zero-order chi connectivity index (χ0) is 15.1. The van der Waals surface area contributed by atoms with E-state index in [2.05, 4.69) is 5.32 Å². The zero-order valence-electron chi connectivity index (χ0n) is 12.0. The molecule has 0 fully saturated rings. The number of hydrogen-bond acceptors (Lipinski definition) is 5. The lowest BCUT2D eigenvalue weighted by Gasteiger charge is -2.32. The molecule has 1 atom stereocenters. The molecule has 0 aromatic rings. The summed E-state index contributed by atoms with van der Waals surface area (Å²) in [6.07, 6.45) is -1.04. The highest BCUT2D eigenvalue weighted by Crippen LogP contribution is 2.13. The molecule has 0 heterocycles. The average molecular weight is 276 g/mol. The summed E-state index contributed by atoms with van der Waals surface area (Å²) in [5, 5.41) is 11.4. The zero-order valence-corrected chi connectivity index (χ0v) is 12.0. The Morgan fingerprint density at radius 1 is 1.32 bits per heavy atom. The number of nitrogens with one attached hydrogen (secondary N) is 1. The molecule has 1 unspecified atom stereocenters. The van der Waals surface area contributed by atoms with E-state index in [1.54, 1.807) is 27.7 Å². The van der Waals surface area contributed by atoms with Crippen LogP contribution in [0.25, 0.3) is 0 Å². The molecule has 0 bridgehead atoms. The molecule has 0 aromatic carbocycles. The van der Waals surface area contributed by atoms with Crippen molar-refractivity contribution in [3.05, 3.63) is 0 Å². The van der Waals surface area contributed by atoms with Gasteiger partial charge in [-0.25, -0.2) is 4.79 Å². The quantitative estimate of drug-likeness (QED) is 0.632. The molecule has 0 aliphatic rings. The summed E-state index contributed by atoms with van der Waals surface area (Å²) in [5.41, 5.74) is 3.77. The SMILES string of the molecule is CCOCC(CN)(CC(=O)O)NC(=O)OC(C)(C)C. The summed E-state index contributed by atoms with van der Waals surface area (Å²) in [4.78, 5) is 22.6. The molecule has 0 aromatic heterocycles. The molecule has 0 aliphatic heterocycles. The third-order valence-corrected chi connectivity index (χ3v) is 2.23. The normalized spacial score (nSPS) is 14.6. The standard InChI is InChI=1S/C12H24N2O5/c1-5-18-8-12(7-13,6-9(15)16)14-10(17)19-11(2,3)4/h5-8,13H2,1-4H3,(H,14,17)(H,15,16). The van der Waals surface area contributed by atoms with Gasteiger partial charge in [-0.3, -0.25) is 4.79 Å². The van der Waals surface area contributed by atoms with Crippen LogP contribution in [-0.2, 0) is 14.3 Å². The summed E-state index contributed by atoms with van der Waals surface area (Å²) in [7, 11) is 0. The molecule has 7 heteroatoms. The molecule has 19 heavy (non-hydrogen) atoms. The van der Waals surface area contributed by atoms with Gasteiger partial charge in [0.05, 0.1) is 18.6 Å². The maximum Gasteiger partial charge on any atom is 0.408 e. The highest BCUT2D eigenvalue weighted by molar-refractivity contribution is 5.73. The lowest BCUT2D eigenvalue weighted by Crippen LogP contribution is -2.58. The number of carbonyl (C=O) groups is 2. The van der Waals surface area contributed by atoms with Gasteiger partial charge in [-0.2, -0.15) is 0 Å². The lowest BCUT2D eigenvalue weighted by atomic mass is 9.96. The van der Waals surface area contributed by atoms with Crippen molar-refractivity contribution < 1.29 is 24.2 Å². The number of amides is 1. The number of carboxylic acid groups (broad SMARTS) is 1. The van der Waals surface area contributed by atoms with Gasteiger partial charge in [0.15, 0.2) is 0 Å². The van der Waals surface area contributed by atoms with Crippen LogP contribution in [0.4, 0.5) is 4.79 Å². The van der Waals surface area contributed by atoms with Crippen LogP contribution in [0.15, 0.2) is 0 Å². The van der Waals surface area contributed by atoms with E-state index >= 15 is 0 Å². The van der Waals surface area contributed by atoms with Crippen LogP contribution in [0.1, 0.15) is 34.1 Å². The Labute approximate surface area is 113 Å². The van der Waals surface area contributed by atoms with E-state index in [4.69, 9.17) is 20.3 Å². The van der Waals surface area contributed by atoms with Crippen LogP contribution in [0.2, 0.25) is 0 Å².